The molecule has 0 bridgehead atoms. The molecule has 0 atom stereocenters. The van der Waals surface area contributed by atoms with E-state index in [0.717, 1.165) is 24.1 Å². The van der Waals surface area contributed by atoms with Crippen molar-refractivity contribution in [1.82, 2.24) is 25.4 Å². The Balaban J connectivity index is 1.59. The van der Waals surface area contributed by atoms with Crippen LogP contribution in [0, 0.1) is 13.8 Å². The molecule has 0 fully saturated rings. The fraction of sp³-hybridized carbons (Fsp3) is 0.421. The first-order valence-electron chi connectivity index (χ1n) is 9.15. The Bertz CT molecular complexity index is 915. The molecule has 2 heterocycles. The summed E-state index contributed by atoms with van der Waals surface area (Å²) in [5.74, 6) is 1.33. The molecular weight excluding hydrogens is 362 g/mol. The first kappa shape index (κ1) is 19.5. The Morgan fingerprint density at radius 1 is 1.25 bits per heavy atom. The molecule has 0 spiro atoms. The van der Waals surface area contributed by atoms with Gasteiger partial charge >= 0.3 is 5.97 Å². The van der Waals surface area contributed by atoms with Crippen molar-refractivity contribution >= 4 is 5.97 Å². The highest BCUT2D eigenvalue weighted by atomic mass is 16.5. The summed E-state index contributed by atoms with van der Waals surface area (Å²) in [4.78, 5) is 12.4. The van der Waals surface area contributed by atoms with E-state index >= 15 is 0 Å². The topological polar surface area (TPSA) is 105 Å². The number of aryl methyl sites for hydroxylation is 3. The largest absolute Gasteiger partial charge is 0.489 e. The van der Waals surface area contributed by atoms with Crippen LogP contribution in [0.4, 0.5) is 0 Å². The number of nitrogens with zero attached hydrogens (tertiary/aromatic N) is 5. The number of esters is 1. The molecule has 9 nitrogen and oxygen atoms in total. The number of hydrogen-bond donors (Lipinski definition) is 0. The number of unbranched alkanes of at least 4 members (excludes halogenated alkanes) is 1. The predicted octanol–water partition coefficient (Wildman–Crippen LogP) is 3.01. The van der Waals surface area contributed by atoms with E-state index in [1.807, 2.05) is 13.8 Å². The number of rotatable bonds is 9. The average molecular weight is 385 g/mol. The first-order valence-corrected chi connectivity index (χ1v) is 9.15. The number of ether oxygens (including phenoxy) is 2. The van der Waals surface area contributed by atoms with Crippen molar-refractivity contribution in [2.75, 3.05) is 0 Å². The molecule has 0 radical (unpaired) electrons. The molecule has 0 aliphatic carbocycles. The van der Waals surface area contributed by atoms with Crippen LogP contribution in [-0.4, -0.2) is 31.3 Å². The summed E-state index contributed by atoms with van der Waals surface area (Å²) in [6, 6.07) is 6.83. The van der Waals surface area contributed by atoms with E-state index in [2.05, 4.69) is 27.6 Å². The van der Waals surface area contributed by atoms with Gasteiger partial charge in [0.15, 0.2) is 12.4 Å². The molecule has 0 N–H and O–H groups in total. The van der Waals surface area contributed by atoms with Crippen molar-refractivity contribution in [1.29, 1.82) is 0 Å². The van der Waals surface area contributed by atoms with Gasteiger partial charge in [-0.25, -0.2) is 9.48 Å². The van der Waals surface area contributed by atoms with Gasteiger partial charge in [0.2, 0.25) is 0 Å². The van der Waals surface area contributed by atoms with Gasteiger partial charge in [-0.2, -0.15) is 0 Å². The molecule has 3 rings (SSSR count). The molecule has 148 valence electrons. The van der Waals surface area contributed by atoms with Gasteiger partial charge in [-0.15, -0.1) is 5.10 Å². The minimum Gasteiger partial charge on any atom is -0.489 e. The van der Waals surface area contributed by atoms with Crippen molar-refractivity contribution < 1.29 is 18.8 Å². The standard InChI is InChI=1S/C19H23N5O4/c1-4-5-9-24-18(20-22-23-24)12-27-19(25)15-7-6-8-16(10-15)26-11-17-13(2)21-28-14(17)3/h6-8,10H,4-5,9,11-12H2,1-3H3. The molecule has 0 unspecified atom stereocenters. The Morgan fingerprint density at radius 2 is 2.11 bits per heavy atom. The molecule has 0 aliphatic rings. The molecule has 28 heavy (non-hydrogen) atoms. The summed E-state index contributed by atoms with van der Waals surface area (Å²) in [6.07, 6.45) is 1.98. The Kier molecular flexibility index (Phi) is 6.36. The van der Waals surface area contributed by atoms with Crippen LogP contribution in [0.25, 0.3) is 0 Å². The van der Waals surface area contributed by atoms with Crippen LogP contribution in [0.5, 0.6) is 5.75 Å². The van der Waals surface area contributed by atoms with Crippen LogP contribution in [0.1, 0.15) is 53.0 Å². The molecule has 0 amide bonds. The summed E-state index contributed by atoms with van der Waals surface area (Å²) >= 11 is 0. The van der Waals surface area contributed by atoms with Gasteiger partial charge in [-0.3, -0.25) is 0 Å². The van der Waals surface area contributed by atoms with E-state index in [-0.39, 0.29) is 6.61 Å². The van der Waals surface area contributed by atoms with Gasteiger partial charge in [0, 0.05) is 6.54 Å². The second-order valence-electron chi connectivity index (χ2n) is 6.37. The van der Waals surface area contributed by atoms with E-state index in [1.54, 1.807) is 28.9 Å². The average Bonchev–Trinajstić information content (AvgIpc) is 3.29. The van der Waals surface area contributed by atoms with E-state index in [4.69, 9.17) is 14.0 Å². The van der Waals surface area contributed by atoms with E-state index < -0.39 is 5.97 Å². The Hall–Kier alpha value is -3.23. The molecule has 9 heteroatoms. The molecule has 0 aliphatic heterocycles. The summed E-state index contributed by atoms with van der Waals surface area (Å²) < 4.78 is 17.9. The van der Waals surface area contributed by atoms with Gasteiger partial charge in [0.25, 0.3) is 0 Å². The van der Waals surface area contributed by atoms with Gasteiger partial charge in [-0.05, 0) is 48.9 Å². The molecule has 0 saturated heterocycles. The van der Waals surface area contributed by atoms with Crippen LogP contribution in [-0.2, 0) is 24.5 Å². The third-order valence-corrected chi connectivity index (χ3v) is 4.30. The molecule has 1 aromatic carbocycles. The molecular formula is C19H23N5O4. The number of benzene rings is 1. The van der Waals surface area contributed by atoms with E-state index in [0.29, 0.717) is 36.0 Å². The number of aromatic nitrogens is 5. The molecule has 3 aromatic rings. The predicted molar refractivity (Wildman–Crippen MR) is 98.6 cm³/mol. The summed E-state index contributed by atoms with van der Waals surface area (Å²) in [5, 5.41) is 15.4. The van der Waals surface area contributed by atoms with Gasteiger partial charge in [0.05, 0.1) is 16.8 Å². The highest BCUT2D eigenvalue weighted by molar-refractivity contribution is 5.89. The van der Waals surface area contributed by atoms with Crippen molar-refractivity contribution in [3.8, 4) is 5.75 Å². The Morgan fingerprint density at radius 3 is 2.86 bits per heavy atom. The van der Waals surface area contributed by atoms with Gasteiger partial charge in [-0.1, -0.05) is 24.6 Å². The lowest BCUT2D eigenvalue weighted by atomic mass is 10.2. The number of carbonyl (C=O) groups excluding carboxylic acids is 1. The normalized spacial score (nSPS) is 10.8. The summed E-state index contributed by atoms with van der Waals surface area (Å²) in [5.41, 5.74) is 2.07. The third kappa shape index (κ3) is 4.73. The monoisotopic (exact) mass is 385 g/mol. The maximum atomic E-state index is 12.4. The summed E-state index contributed by atoms with van der Waals surface area (Å²) in [7, 11) is 0. The van der Waals surface area contributed by atoms with Crippen LogP contribution in [0.15, 0.2) is 28.8 Å². The minimum atomic E-state index is -0.465. The zero-order valence-electron chi connectivity index (χ0n) is 16.2. The van der Waals surface area contributed by atoms with Gasteiger partial charge < -0.3 is 14.0 Å². The lowest BCUT2D eigenvalue weighted by Crippen LogP contribution is -2.11. The lowest BCUT2D eigenvalue weighted by molar-refractivity contribution is 0.0455. The van der Waals surface area contributed by atoms with Crippen molar-refractivity contribution in [3.63, 3.8) is 0 Å². The second kappa shape index (κ2) is 9.12. The van der Waals surface area contributed by atoms with Crippen molar-refractivity contribution in [2.24, 2.45) is 0 Å². The maximum absolute atomic E-state index is 12.4. The van der Waals surface area contributed by atoms with Crippen molar-refractivity contribution in [3.05, 3.63) is 52.7 Å². The molecule has 0 saturated carbocycles. The zero-order chi connectivity index (χ0) is 19.9. The third-order valence-electron chi connectivity index (χ3n) is 4.30. The van der Waals surface area contributed by atoms with Crippen LogP contribution in [0.3, 0.4) is 0 Å². The SMILES string of the molecule is CCCCn1nnnc1COC(=O)c1cccc(OCc2c(C)noc2C)c1. The number of carbonyl (C=O) groups is 1. The van der Waals surface area contributed by atoms with E-state index in [1.165, 1.54) is 0 Å². The quantitative estimate of drug-likeness (QED) is 0.518. The highest BCUT2D eigenvalue weighted by Crippen LogP contribution is 2.19. The smallest absolute Gasteiger partial charge is 0.338 e. The Labute approximate surface area is 162 Å². The first-order chi connectivity index (χ1) is 13.6. The fourth-order valence-electron chi connectivity index (χ4n) is 2.60. The van der Waals surface area contributed by atoms with Crippen LogP contribution in [0.2, 0.25) is 0 Å². The van der Waals surface area contributed by atoms with Crippen LogP contribution >= 0.6 is 0 Å². The van der Waals surface area contributed by atoms with Crippen molar-refractivity contribution in [2.45, 2.75) is 53.4 Å². The molecule has 2 aromatic heterocycles. The van der Waals surface area contributed by atoms with Gasteiger partial charge in [0.1, 0.15) is 18.1 Å². The summed E-state index contributed by atoms with van der Waals surface area (Å²) in [6.45, 7) is 6.80. The van der Waals surface area contributed by atoms with E-state index in [9.17, 15) is 4.79 Å². The van der Waals surface area contributed by atoms with Crippen LogP contribution < -0.4 is 4.74 Å². The fourth-order valence-corrected chi connectivity index (χ4v) is 2.60. The number of hydrogen-bond acceptors (Lipinski definition) is 8. The highest BCUT2D eigenvalue weighted by Gasteiger charge is 2.13. The number of tetrazole rings is 1. The minimum absolute atomic E-state index is 0.0136. The second-order valence-corrected chi connectivity index (χ2v) is 6.37. The lowest BCUT2D eigenvalue weighted by Gasteiger charge is -2.08. The zero-order valence-corrected chi connectivity index (χ0v) is 16.2. The maximum Gasteiger partial charge on any atom is 0.338 e.